The van der Waals surface area contributed by atoms with Crippen LogP contribution in [-0.2, 0) is 13.0 Å². The van der Waals surface area contributed by atoms with Crippen LogP contribution in [0.2, 0.25) is 0 Å². The first-order valence-corrected chi connectivity index (χ1v) is 6.22. The van der Waals surface area contributed by atoms with Crippen LogP contribution in [0.5, 0.6) is 0 Å². The van der Waals surface area contributed by atoms with E-state index in [1.54, 1.807) is 17.5 Å². The molecule has 5 heteroatoms. The lowest BCUT2D eigenvalue weighted by Crippen LogP contribution is -2.00. The van der Waals surface area contributed by atoms with Crippen molar-refractivity contribution in [2.75, 3.05) is 5.32 Å². The fourth-order valence-electron chi connectivity index (χ4n) is 1.44. The summed E-state index contributed by atoms with van der Waals surface area (Å²) in [5, 5.41) is 4.22. The first kappa shape index (κ1) is 11.1. The number of anilines is 1. The number of hydrogen-bond acceptors (Lipinski definition) is 4. The van der Waals surface area contributed by atoms with Gasteiger partial charge in [0.25, 0.3) is 0 Å². The molecule has 0 bridgehead atoms. The van der Waals surface area contributed by atoms with Gasteiger partial charge in [0.2, 0.25) is 0 Å². The van der Waals surface area contributed by atoms with E-state index >= 15 is 0 Å². The Bertz CT molecular complexity index is 419. The zero-order valence-corrected chi connectivity index (χ0v) is 10.3. The molecule has 2 N–H and O–H groups in total. The summed E-state index contributed by atoms with van der Waals surface area (Å²) in [6.45, 7) is 5.13. The molecule has 0 radical (unpaired) electrons. The fraction of sp³-hybridized carbons (Fsp3) is 0.455. The molecule has 0 aliphatic rings. The van der Waals surface area contributed by atoms with Crippen molar-refractivity contribution in [1.29, 1.82) is 0 Å². The highest BCUT2D eigenvalue weighted by atomic mass is 32.1. The summed E-state index contributed by atoms with van der Waals surface area (Å²) in [5.41, 5.74) is 0. The van der Waals surface area contributed by atoms with Crippen LogP contribution in [0.3, 0.4) is 0 Å². The summed E-state index contributed by atoms with van der Waals surface area (Å²) >= 11 is 1.72. The van der Waals surface area contributed by atoms with E-state index in [4.69, 9.17) is 0 Å². The standard InChI is InChI=1S/C11H16N4S/c1-8(2)5-9-6-14-11(16-9)15-7-10-12-3-4-13-10/h3-4,6,8H,5,7H2,1-2H3,(H,12,13)(H,14,15). The minimum absolute atomic E-state index is 0.679. The molecule has 0 saturated heterocycles. The maximum absolute atomic E-state index is 4.33. The highest BCUT2D eigenvalue weighted by Crippen LogP contribution is 2.21. The van der Waals surface area contributed by atoms with Gasteiger partial charge in [0.1, 0.15) is 5.82 Å². The Morgan fingerprint density at radius 2 is 2.31 bits per heavy atom. The van der Waals surface area contributed by atoms with Gasteiger partial charge in [-0.25, -0.2) is 9.97 Å². The van der Waals surface area contributed by atoms with Crippen molar-refractivity contribution < 1.29 is 0 Å². The summed E-state index contributed by atoms with van der Waals surface area (Å²) in [6.07, 6.45) is 6.63. The topological polar surface area (TPSA) is 53.6 Å². The lowest BCUT2D eigenvalue weighted by molar-refractivity contribution is 0.653. The number of thiazole rings is 1. The molecule has 2 heterocycles. The van der Waals surface area contributed by atoms with Crippen LogP contribution in [0.1, 0.15) is 24.5 Å². The van der Waals surface area contributed by atoms with Crippen molar-refractivity contribution in [2.45, 2.75) is 26.8 Å². The Morgan fingerprint density at radius 3 is 3.00 bits per heavy atom. The van der Waals surface area contributed by atoms with Crippen molar-refractivity contribution in [3.8, 4) is 0 Å². The Kier molecular flexibility index (Phi) is 3.56. The van der Waals surface area contributed by atoms with Crippen molar-refractivity contribution in [2.24, 2.45) is 5.92 Å². The Balaban J connectivity index is 1.88. The molecule has 86 valence electrons. The van der Waals surface area contributed by atoms with E-state index in [0.717, 1.165) is 17.4 Å². The van der Waals surface area contributed by atoms with Gasteiger partial charge in [-0.1, -0.05) is 13.8 Å². The average molecular weight is 236 g/mol. The predicted molar refractivity (Wildman–Crippen MR) is 66.6 cm³/mol. The first-order valence-electron chi connectivity index (χ1n) is 5.41. The molecule has 0 aliphatic carbocycles. The van der Waals surface area contributed by atoms with Crippen molar-refractivity contribution >= 4 is 16.5 Å². The van der Waals surface area contributed by atoms with Gasteiger partial charge in [0, 0.05) is 23.5 Å². The highest BCUT2D eigenvalue weighted by Gasteiger charge is 2.04. The minimum atomic E-state index is 0.679. The van der Waals surface area contributed by atoms with Crippen LogP contribution < -0.4 is 5.32 Å². The molecule has 2 aromatic heterocycles. The summed E-state index contributed by atoms with van der Waals surface area (Å²) in [6, 6.07) is 0. The smallest absolute Gasteiger partial charge is 0.183 e. The lowest BCUT2D eigenvalue weighted by Gasteiger charge is -2.00. The normalized spacial score (nSPS) is 10.9. The second kappa shape index (κ2) is 5.12. The zero-order chi connectivity index (χ0) is 11.4. The second-order valence-corrected chi connectivity index (χ2v) is 5.23. The number of imidazole rings is 1. The molecule has 0 atom stereocenters. The molecule has 0 aliphatic heterocycles. The molecule has 0 saturated carbocycles. The third kappa shape index (κ3) is 3.06. The van der Waals surface area contributed by atoms with E-state index in [2.05, 4.69) is 34.1 Å². The molecular formula is C11H16N4S. The third-order valence-electron chi connectivity index (χ3n) is 2.12. The highest BCUT2D eigenvalue weighted by molar-refractivity contribution is 7.15. The number of rotatable bonds is 5. The largest absolute Gasteiger partial charge is 0.354 e. The quantitative estimate of drug-likeness (QED) is 0.839. The van der Waals surface area contributed by atoms with E-state index < -0.39 is 0 Å². The fourth-order valence-corrected chi connectivity index (χ4v) is 2.46. The molecule has 2 aromatic rings. The summed E-state index contributed by atoms with van der Waals surface area (Å²) in [7, 11) is 0. The van der Waals surface area contributed by atoms with Crippen molar-refractivity contribution in [3.63, 3.8) is 0 Å². The zero-order valence-electron chi connectivity index (χ0n) is 9.53. The molecule has 4 nitrogen and oxygen atoms in total. The number of nitrogens with zero attached hydrogens (tertiary/aromatic N) is 2. The number of hydrogen-bond donors (Lipinski definition) is 2. The molecule has 0 aromatic carbocycles. The van der Waals surface area contributed by atoms with Crippen LogP contribution in [0.25, 0.3) is 0 Å². The van der Waals surface area contributed by atoms with Gasteiger partial charge in [0.15, 0.2) is 5.13 Å². The van der Waals surface area contributed by atoms with E-state index in [-0.39, 0.29) is 0 Å². The van der Waals surface area contributed by atoms with Crippen LogP contribution in [-0.4, -0.2) is 15.0 Å². The Morgan fingerprint density at radius 1 is 1.44 bits per heavy atom. The van der Waals surface area contributed by atoms with Gasteiger partial charge in [-0.3, -0.25) is 0 Å². The van der Waals surface area contributed by atoms with Gasteiger partial charge in [-0.15, -0.1) is 11.3 Å². The molecule has 16 heavy (non-hydrogen) atoms. The van der Waals surface area contributed by atoms with Crippen molar-refractivity contribution in [3.05, 3.63) is 29.3 Å². The minimum Gasteiger partial charge on any atom is -0.354 e. The SMILES string of the molecule is CC(C)Cc1cnc(NCc2ncc[nH]2)s1. The Hall–Kier alpha value is -1.36. The number of nitrogens with one attached hydrogen (secondary N) is 2. The first-order chi connectivity index (χ1) is 7.74. The van der Waals surface area contributed by atoms with Gasteiger partial charge in [-0.05, 0) is 12.3 Å². The maximum Gasteiger partial charge on any atom is 0.183 e. The molecule has 2 rings (SSSR count). The lowest BCUT2D eigenvalue weighted by atomic mass is 10.1. The van der Waals surface area contributed by atoms with E-state index in [1.807, 2.05) is 12.4 Å². The van der Waals surface area contributed by atoms with Gasteiger partial charge < -0.3 is 10.3 Å². The number of aromatic nitrogens is 3. The van der Waals surface area contributed by atoms with Crippen LogP contribution in [0.4, 0.5) is 5.13 Å². The molecule has 0 amide bonds. The summed E-state index contributed by atoms with van der Waals surface area (Å²) < 4.78 is 0. The third-order valence-corrected chi connectivity index (χ3v) is 3.10. The van der Waals surface area contributed by atoms with E-state index in [1.165, 1.54) is 4.88 Å². The van der Waals surface area contributed by atoms with Gasteiger partial charge >= 0.3 is 0 Å². The molecule has 0 spiro atoms. The second-order valence-electron chi connectivity index (χ2n) is 4.12. The maximum atomic E-state index is 4.33. The molecule has 0 fully saturated rings. The predicted octanol–water partition coefficient (Wildman–Crippen LogP) is 2.68. The molecular weight excluding hydrogens is 220 g/mol. The average Bonchev–Trinajstić information content (AvgIpc) is 2.84. The Labute approximate surface area is 99.2 Å². The van der Waals surface area contributed by atoms with E-state index in [9.17, 15) is 0 Å². The van der Waals surface area contributed by atoms with Gasteiger partial charge in [-0.2, -0.15) is 0 Å². The monoisotopic (exact) mass is 236 g/mol. The van der Waals surface area contributed by atoms with Gasteiger partial charge in [0.05, 0.1) is 6.54 Å². The van der Waals surface area contributed by atoms with E-state index in [0.29, 0.717) is 12.5 Å². The number of aromatic amines is 1. The van der Waals surface area contributed by atoms with Crippen LogP contribution >= 0.6 is 11.3 Å². The summed E-state index contributed by atoms with van der Waals surface area (Å²) in [4.78, 5) is 12.9. The summed E-state index contributed by atoms with van der Waals surface area (Å²) in [5.74, 6) is 1.61. The van der Waals surface area contributed by atoms with Crippen LogP contribution in [0, 0.1) is 5.92 Å². The van der Waals surface area contributed by atoms with Crippen LogP contribution in [0.15, 0.2) is 18.6 Å². The van der Waals surface area contributed by atoms with Crippen molar-refractivity contribution in [1.82, 2.24) is 15.0 Å². The molecule has 0 unspecified atom stereocenters. The number of H-pyrrole nitrogens is 1.